The molecule has 34 heavy (non-hydrogen) atoms. The molecule has 4 rings (SSSR count). The van der Waals surface area contributed by atoms with Crippen LogP contribution in [-0.4, -0.2) is 37.3 Å². The molecule has 11 heteroatoms. The third kappa shape index (κ3) is 4.37. The van der Waals surface area contributed by atoms with E-state index < -0.39 is 17.2 Å². The average Bonchev–Trinajstić information content (AvgIpc) is 3.42. The minimum absolute atomic E-state index is 0.0186. The van der Waals surface area contributed by atoms with Gasteiger partial charge < -0.3 is 9.26 Å². The summed E-state index contributed by atoms with van der Waals surface area (Å²) in [5.41, 5.74) is 0.427. The molecule has 0 radical (unpaired) electrons. The summed E-state index contributed by atoms with van der Waals surface area (Å²) in [6.45, 7) is 3.92. The first kappa shape index (κ1) is 23.4. The number of aromatic nitrogens is 5. The second-order valence-corrected chi connectivity index (χ2v) is 8.02. The number of hydrogen-bond acceptors (Lipinski definition) is 7. The number of aryl methyl sites for hydroxylation is 1. The van der Waals surface area contributed by atoms with Crippen molar-refractivity contribution in [2.24, 2.45) is 12.5 Å². The van der Waals surface area contributed by atoms with Crippen molar-refractivity contribution in [3.63, 3.8) is 0 Å². The van der Waals surface area contributed by atoms with Crippen LogP contribution >= 0.6 is 0 Å². The number of nitrogens with zero attached hydrogens (tertiary/aromatic N) is 5. The quantitative estimate of drug-likeness (QED) is 0.500. The van der Waals surface area contributed by atoms with Crippen molar-refractivity contribution in [2.75, 3.05) is 6.61 Å². The summed E-state index contributed by atoms with van der Waals surface area (Å²) in [7, 11) is 1.74. The van der Waals surface area contributed by atoms with Crippen molar-refractivity contribution in [1.82, 2.24) is 24.9 Å². The van der Waals surface area contributed by atoms with Gasteiger partial charge in [0.25, 0.3) is 5.89 Å². The van der Waals surface area contributed by atoms with Crippen LogP contribution < -0.4 is 4.74 Å². The van der Waals surface area contributed by atoms with Crippen LogP contribution in [0, 0.1) is 5.41 Å². The molecule has 1 aliphatic carbocycles. The normalized spacial score (nSPS) is 18.3. The molecular formula is C23H22F3N5O3. The molecule has 0 spiro atoms. The van der Waals surface area contributed by atoms with Gasteiger partial charge in [0.15, 0.2) is 11.6 Å². The Morgan fingerprint density at radius 1 is 1.24 bits per heavy atom. The van der Waals surface area contributed by atoms with Gasteiger partial charge in [0.1, 0.15) is 0 Å². The minimum atomic E-state index is -4.45. The number of hydrogen-bond donors (Lipinski definition) is 0. The Morgan fingerprint density at radius 2 is 2.03 bits per heavy atom. The van der Waals surface area contributed by atoms with Gasteiger partial charge in [-0.3, -0.25) is 9.48 Å². The Kier molecular flexibility index (Phi) is 6.11. The SMILES string of the molecule is CCC1(C)C(=O)C=CC=C1c1noc(-c2cnn(C)c2CCOc2ccc(C(F)(F)F)cn2)n1. The van der Waals surface area contributed by atoms with Gasteiger partial charge in [-0.05, 0) is 25.5 Å². The molecule has 1 atom stereocenters. The van der Waals surface area contributed by atoms with Gasteiger partial charge in [0, 0.05) is 31.3 Å². The van der Waals surface area contributed by atoms with E-state index in [1.54, 1.807) is 30.1 Å². The first-order chi connectivity index (χ1) is 16.1. The number of ether oxygens (including phenoxy) is 1. The van der Waals surface area contributed by atoms with E-state index in [-0.39, 0.29) is 24.2 Å². The van der Waals surface area contributed by atoms with E-state index in [4.69, 9.17) is 9.26 Å². The fourth-order valence-corrected chi connectivity index (χ4v) is 3.68. The van der Waals surface area contributed by atoms with Crippen molar-refractivity contribution in [3.8, 4) is 17.3 Å². The maximum atomic E-state index is 12.7. The summed E-state index contributed by atoms with van der Waals surface area (Å²) in [6.07, 6.45) is 3.84. The molecule has 0 aromatic carbocycles. The summed E-state index contributed by atoms with van der Waals surface area (Å²) in [5, 5.41) is 8.34. The molecule has 3 aromatic rings. The van der Waals surface area contributed by atoms with Gasteiger partial charge in [-0.2, -0.15) is 23.3 Å². The van der Waals surface area contributed by atoms with Crippen LogP contribution in [0.1, 0.15) is 37.4 Å². The zero-order valence-electron chi connectivity index (χ0n) is 18.8. The van der Waals surface area contributed by atoms with Gasteiger partial charge >= 0.3 is 6.18 Å². The molecule has 0 saturated heterocycles. The number of carbonyl (C=O) groups excluding carboxylic acids is 1. The fourth-order valence-electron chi connectivity index (χ4n) is 3.68. The van der Waals surface area contributed by atoms with Gasteiger partial charge in [0.05, 0.1) is 35.0 Å². The molecule has 0 saturated carbocycles. The monoisotopic (exact) mass is 473 g/mol. The lowest BCUT2D eigenvalue weighted by Gasteiger charge is -2.28. The first-order valence-corrected chi connectivity index (χ1v) is 10.6. The van der Waals surface area contributed by atoms with Crippen molar-refractivity contribution in [1.29, 1.82) is 0 Å². The van der Waals surface area contributed by atoms with Crippen LogP contribution in [0.5, 0.6) is 5.88 Å². The van der Waals surface area contributed by atoms with E-state index in [1.807, 2.05) is 19.9 Å². The number of pyridine rings is 1. The van der Waals surface area contributed by atoms with Crippen LogP contribution in [0.4, 0.5) is 13.2 Å². The topological polar surface area (TPSA) is 95.9 Å². The Bertz CT molecular complexity index is 1260. The number of alkyl halides is 3. The highest BCUT2D eigenvalue weighted by Crippen LogP contribution is 2.40. The maximum absolute atomic E-state index is 12.7. The first-order valence-electron chi connectivity index (χ1n) is 10.6. The number of rotatable bonds is 7. The molecule has 0 amide bonds. The highest BCUT2D eigenvalue weighted by Gasteiger charge is 2.38. The highest BCUT2D eigenvalue weighted by atomic mass is 19.4. The molecule has 178 valence electrons. The summed E-state index contributed by atoms with van der Waals surface area (Å²) in [5.74, 6) is 0.636. The Hall–Kier alpha value is -3.76. The third-order valence-electron chi connectivity index (χ3n) is 5.97. The zero-order valence-corrected chi connectivity index (χ0v) is 18.8. The second-order valence-electron chi connectivity index (χ2n) is 8.02. The van der Waals surface area contributed by atoms with E-state index in [9.17, 15) is 18.0 Å². The largest absolute Gasteiger partial charge is 0.477 e. The van der Waals surface area contributed by atoms with Crippen molar-refractivity contribution in [2.45, 2.75) is 32.9 Å². The van der Waals surface area contributed by atoms with E-state index in [1.165, 1.54) is 6.07 Å². The molecule has 0 bridgehead atoms. The summed E-state index contributed by atoms with van der Waals surface area (Å²) >= 11 is 0. The van der Waals surface area contributed by atoms with Crippen molar-refractivity contribution < 1.29 is 27.2 Å². The third-order valence-corrected chi connectivity index (χ3v) is 5.97. The molecule has 3 aromatic heterocycles. The molecule has 1 aliphatic rings. The number of halogens is 3. The van der Waals surface area contributed by atoms with Crippen LogP contribution in [0.25, 0.3) is 17.0 Å². The fraction of sp³-hybridized carbons (Fsp3) is 0.348. The molecular weight excluding hydrogens is 451 g/mol. The minimum Gasteiger partial charge on any atom is -0.477 e. The molecule has 8 nitrogen and oxygen atoms in total. The Morgan fingerprint density at radius 3 is 2.71 bits per heavy atom. The van der Waals surface area contributed by atoms with Gasteiger partial charge in [-0.15, -0.1) is 0 Å². The average molecular weight is 473 g/mol. The Balaban J connectivity index is 1.50. The summed E-state index contributed by atoms with van der Waals surface area (Å²) in [4.78, 5) is 20.7. The molecule has 0 N–H and O–H groups in total. The Labute approximate surface area is 193 Å². The second kappa shape index (κ2) is 8.88. The number of ketones is 1. The number of allylic oxidation sites excluding steroid dienone is 4. The summed E-state index contributed by atoms with van der Waals surface area (Å²) in [6, 6.07) is 2.09. The van der Waals surface area contributed by atoms with Crippen molar-refractivity contribution in [3.05, 3.63) is 59.8 Å². The standard InChI is InChI=1S/C23H22F3N5O3/c1-4-22(2)16(6-5-7-18(22)32)20-29-21(34-30-20)15-13-28-31(3)17(15)10-11-33-19-9-8-14(12-27-19)23(24,25)26/h5-9,12-13H,4,10-11H2,1-3H3. The van der Waals surface area contributed by atoms with Gasteiger partial charge in [0.2, 0.25) is 5.88 Å². The van der Waals surface area contributed by atoms with Crippen LogP contribution in [0.15, 0.2) is 47.3 Å². The van der Waals surface area contributed by atoms with Gasteiger partial charge in [-0.1, -0.05) is 24.2 Å². The number of carbonyl (C=O) groups is 1. The van der Waals surface area contributed by atoms with Gasteiger partial charge in [-0.25, -0.2) is 4.98 Å². The van der Waals surface area contributed by atoms with E-state index in [0.717, 1.165) is 18.0 Å². The smallest absolute Gasteiger partial charge is 0.417 e. The molecule has 1 unspecified atom stereocenters. The van der Waals surface area contributed by atoms with E-state index in [2.05, 4.69) is 20.2 Å². The highest BCUT2D eigenvalue weighted by molar-refractivity contribution is 6.05. The lowest BCUT2D eigenvalue weighted by molar-refractivity contribution is -0.137. The lowest BCUT2D eigenvalue weighted by atomic mass is 9.73. The van der Waals surface area contributed by atoms with E-state index in [0.29, 0.717) is 29.8 Å². The van der Waals surface area contributed by atoms with Crippen LogP contribution in [0.2, 0.25) is 0 Å². The van der Waals surface area contributed by atoms with Crippen LogP contribution in [0.3, 0.4) is 0 Å². The predicted octanol–water partition coefficient (Wildman–Crippen LogP) is 4.44. The maximum Gasteiger partial charge on any atom is 0.417 e. The van der Waals surface area contributed by atoms with Crippen molar-refractivity contribution >= 4 is 11.4 Å². The summed E-state index contributed by atoms with van der Waals surface area (Å²) < 4.78 is 50.7. The zero-order chi connectivity index (χ0) is 24.5. The molecule has 0 aliphatic heterocycles. The predicted molar refractivity (Wildman–Crippen MR) is 115 cm³/mol. The molecule has 3 heterocycles. The molecule has 0 fully saturated rings. The van der Waals surface area contributed by atoms with E-state index >= 15 is 0 Å². The van der Waals surface area contributed by atoms with Crippen LogP contribution in [-0.2, 0) is 24.4 Å². The lowest BCUT2D eigenvalue weighted by Crippen LogP contribution is -2.29.